The lowest BCUT2D eigenvalue weighted by Crippen LogP contribution is -1.80. The molecule has 1 rings (SSSR count). The summed E-state index contributed by atoms with van der Waals surface area (Å²) in [6.07, 6.45) is 0. The Labute approximate surface area is 68.6 Å². The molecule has 0 atom stereocenters. The molecular weight excluding hydrogens is 174 g/mol. The molecule has 0 fully saturated rings. The molecule has 0 bridgehead atoms. The minimum Gasteiger partial charge on any atom is -0.204 e. The Bertz CT molecular complexity index is 235. The highest BCUT2D eigenvalue weighted by Crippen LogP contribution is 2.23. The van der Waals surface area contributed by atoms with Gasteiger partial charge in [-0.05, 0) is 24.6 Å². The van der Waals surface area contributed by atoms with Crippen LogP contribution in [0.25, 0.3) is 0 Å². The van der Waals surface area contributed by atoms with Crippen molar-refractivity contribution in [3.8, 4) is 0 Å². The first-order chi connectivity index (χ1) is 4.61. The van der Waals surface area contributed by atoms with E-state index in [-0.39, 0.29) is 10.0 Å². The fourth-order valence-electron chi connectivity index (χ4n) is 0.682. The molecule has 0 aliphatic heterocycles. The molecule has 0 saturated heterocycles. The second-order valence-electron chi connectivity index (χ2n) is 2.04. The molecule has 0 N–H and O–H groups in total. The van der Waals surface area contributed by atoms with Gasteiger partial charge in [-0.15, -0.1) is 0 Å². The number of aryl methyl sites for hydroxylation is 1. The highest BCUT2D eigenvalue weighted by molar-refractivity contribution is 6.34. The van der Waals surface area contributed by atoms with Gasteiger partial charge in [0.1, 0.15) is 0 Å². The lowest BCUT2D eigenvalue weighted by atomic mass is 10.2. The zero-order valence-electron chi connectivity index (χ0n) is 5.29. The van der Waals surface area contributed by atoms with Crippen molar-refractivity contribution in [2.45, 2.75) is 6.92 Å². The van der Waals surface area contributed by atoms with Crippen molar-refractivity contribution in [1.29, 1.82) is 0 Å². The third-order valence-corrected chi connectivity index (χ3v) is 1.68. The average molecular weight is 179 g/mol. The zero-order chi connectivity index (χ0) is 7.72. The van der Waals surface area contributed by atoms with E-state index in [0.717, 1.165) is 5.56 Å². The Morgan fingerprint density at radius 2 is 1.60 bits per heavy atom. The van der Waals surface area contributed by atoms with Crippen LogP contribution in [-0.2, 0) is 0 Å². The van der Waals surface area contributed by atoms with Gasteiger partial charge in [-0.1, -0.05) is 23.2 Å². The number of rotatable bonds is 0. The average Bonchev–Trinajstić information content (AvgIpc) is 1.82. The molecule has 3 heteroatoms. The van der Waals surface area contributed by atoms with Crippen molar-refractivity contribution in [3.63, 3.8) is 0 Å². The summed E-state index contributed by atoms with van der Waals surface area (Å²) in [4.78, 5) is 0. The number of hydrogen-bond acceptors (Lipinski definition) is 0. The molecular formula is C7H5Cl2F. The van der Waals surface area contributed by atoms with E-state index in [4.69, 9.17) is 23.2 Å². The van der Waals surface area contributed by atoms with E-state index in [1.54, 1.807) is 6.92 Å². The van der Waals surface area contributed by atoms with Gasteiger partial charge in [0.25, 0.3) is 0 Å². The number of hydrogen-bond donors (Lipinski definition) is 0. The Kier molecular flexibility index (Phi) is 2.17. The van der Waals surface area contributed by atoms with Crippen LogP contribution < -0.4 is 0 Å². The molecule has 0 radical (unpaired) electrons. The van der Waals surface area contributed by atoms with E-state index < -0.39 is 5.82 Å². The van der Waals surface area contributed by atoms with Crippen LogP contribution in [-0.4, -0.2) is 0 Å². The summed E-state index contributed by atoms with van der Waals surface area (Å²) < 4.78 is 12.6. The fraction of sp³-hybridized carbons (Fsp3) is 0.143. The summed E-state index contributed by atoms with van der Waals surface area (Å²) >= 11 is 10.9. The summed E-state index contributed by atoms with van der Waals surface area (Å²) in [6.45, 7) is 1.80. The van der Waals surface area contributed by atoms with Crippen molar-refractivity contribution in [1.82, 2.24) is 0 Å². The highest BCUT2D eigenvalue weighted by Gasteiger charge is 2.04. The van der Waals surface area contributed by atoms with Crippen LogP contribution in [0.15, 0.2) is 12.1 Å². The van der Waals surface area contributed by atoms with E-state index in [2.05, 4.69) is 0 Å². The minimum atomic E-state index is -0.547. The maximum Gasteiger partial charge on any atom is 0.160 e. The van der Waals surface area contributed by atoms with E-state index in [0.29, 0.717) is 0 Å². The van der Waals surface area contributed by atoms with Gasteiger partial charge in [0.05, 0.1) is 10.0 Å². The summed E-state index contributed by atoms with van der Waals surface area (Å²) in [5.41, 5.74) is 0.858. The standard InChI is InChI=1S/C7H5Cl2F/c1-4-2-5(8)7(10)6(9)3-4/h2-3H,1H3. The molecule has 10 heavy (non-hydrogen) atoms. The molecule has 54 valence electrons. The van der Waals surface area contributed by atoms with Crippen LogP contribution in [0.3, 0.4) is 0 Å². The van der Waals surface area contributed by atoms with Crippen LogP contribution in [0, 0.1) is 12.7 Å². The van der Waals surface area contributed by atoms with Gasteiger partial charge in [0.15, 0.2) is 5.82 Å². The quantitative estimate of drug-likeness (QED) is 0.535. The van der Waals surface area contributed by atoms with Crippen LogP contribution in [0.1, 0.15) is 5.56 Å². The summed E-state index contributed by atoms with van der Waals surface area (Å²) in [5.74, 6) is -0.547. The van der Waals surface area contributed by atoms with Crippen molar-refractivity contribution in [2.24, 2.45) is 0 Å². The maximum atomic E-state index is 12.6. The SMILES string of the molecule is Cc1cc(Cl)c(F)c(Cl)c1. The van der Waals surface area contributed by atoms with Crippen molar-refractivity contribution in [2.75, 3.05) is 0 Å². The molecule has 0 unspecified atom stereocenters. The Balaban J connectivity index is 3.31. The molecule has 0 aromatic heterocycles. The number of halogens is 3. The molecule has 0 aliphatic carbocycles. The van der Waals surface area contributed by atoms with E-state index in [1.807, 2.05) is 0 Å². The second kappa shape index (κ2) is 2.77. The Hall–Kier alpha value is -0.270. The van der Waals surface area contributed by atoms with E-state index in [1.165, 1.54) is 12.1 Å². The molecule has 0 aliphatic rings. The molecule has 0 saturated carbocycles. The minimum absolute atomic E-state index is 0.0741. The molecule has 0 heterocycles. The summed E-state index contributed by atoms with van der Waals surface area (Å²) in [7, 11) is 0. The summed E-state index contributed by atoms with van der Waals surface area (Å²) in [5, 5.41) is 0.148. The Morgan fingerprint density at radius 1 is 1.20 bits per heavy atom. The van der Waals surface area contributed by atoms with Crippen LogP contribution in [0.2, 0.25) is 10.0 Å². The van der Waals surface area contributed by atoms with Gasteiger partial charge < -0.3 is 0 Å². The lowest BCUT2D eigenvalue weighted by molar-refractivity contribution is 0.628. The molecule has 1 aromatic carbocycles. The van der Waals surface area contributed by atoms with Gasteiger partial charge in [0.2, 0.25) is 0 Å². The number of benzene rings is 1. The largest absolute Gasteiger partial charge is 0.204 e. The Morgan fingerprint density at radius 3 is 2.00 bits per heavy atom. The molecule has 1 aromatic rings. The van der Waals surface area contributed by atoms with Gasteiger partial charge >= 0.3 is 0 Å². The normalized spacial score (nSPS) is 10.0. The first kappa shape index (κ1) is 7.83. The smallest absolute Gasteiger partial charge is 0.160 e. The molecule has 0 spiro atoms. The van der Waals surface area contributed by atoms with Crippen molar-refractivity contribution >= 4 is 23.2 Å². The molecule has 0 amide bonds. The third-order valence-electron chi connectivity index (χ3n) is 1.13. The predicted octanol–water partition coefficient (Wildman–Crippen LogP) is 3.44. The molecule has 0 nitrogen and oxygen atoms in total. The lowest BCUT2D eigenvalue weighted by Gasteiger charge is -1.97. The third kappa shape index (κ3) is 1.41. The van der Waals surface area contributed by atoms with Crippen LogP contribution in [0.5, 0.6) is 0 Å². The fourth-order valence-corrected chi connectivity index (χ4v) is 1.28. The first-order valence-corrected chi connectivity index (χ1v) is 3.48. The summed E-state index contributed by atoms with van der Waals surface area (Å²) in [6, 6.07) is 3.06. The zero-order valence-corrected chi connectivity index (χ0v) is 6.80. The monoisotopic (exact) mass is 178 g/mol. The van der Waals surface area contributed by atoms with E-state index >= 15 is 0 Å². The van der Waals surface area contributed by atoms with Crippen molar-refractivity contribution in [3.05, 3.63) is 33.6 Å². The van der Waals surface area contributed by atoms with Crippen LogP contribution >= 0.6 is 23.2 Å². The van der Waals surface area contributed by atoms with Gasteiger partial charge in [-0.3, -0.25) is 0 Å². The predicted molar refractivity (Wildman–Crippen MR) is 41.2 cm³/mol. The van der Waals surface area contributed by atoms with E-state index in [9.17, 15) is 4.39 Å². The van der Waals surface area contributed by atoms with Gasteiger partial charge in [0, 0.05) is 0 Å². The van der Waals surface area contributed by atoms with Gasteiger partial charge in [-0.2, -0.15) is 0 Å². The van der Waals surface area contributed by atoms with Crippen LogP contribution in [0.4, 0.5) is 4.39 Å². The van der Waals surface area contributed by atoms with Gasteiger partial charge in [-0.25, -0.2) is 4.39 Å². The maximum absolute atomic E-state index is 12.6. The topological polar surface area (TPSA) is 0 Å². The first-order valence-electron chi connectivity index (χ1n) is 2.72. The second-order valence-corrected chi connectivity index (χ2v) is 2.86. The highest BCUT2D eigenvalue weighted by atomic mass is 35.5. The van der Waals surface area contributed by atoms with Crippen molar-refractivity contribution < 1.29 is 4.39 Å².